The van der Waals surface area contributed by atoms with Crippen molar-refractivity contribution in [3.05, 3.63) is 36.0 Å². The van der Waals surface area contributed by atoms with Crippen LogP contribution < -0.4 is 15.0 Å². The van der Waals surface area contributed by atoms with Crippen LogP contribution in [-0.2, 0) is 6.54 Å². The molecule has 1 aromatic carbocycles. The standard InChI is InChI=1S/C23H34N6O2/c1-7-28(8-2)13-14-31-19-11-9-18(10-12-19)25-21-24-15-17-16-29(23(3,4)5)22(30)27(6)20(17)26-21/h9-12,15H,7-8,13-14,16H2,1-6H3,(H,24,25,26). The van der Waals surface area contributed by atoms with Crippen LogP contribution in [0.25, 0.3) is 0 Å². The molecule has 0 spiro atoms. The Bertz CT molecular complexity index is 890. The molecule has 0 unspecified atom stereocenters. The first-order valence-electron chi connectivity index (χ1n) is 10.9. The molecule has 1 aliphatic rings. The third-order valence-electron chi connectivity index (χ3n) is 5.50. The van der Waals surface area contributed by atoms with E-state index in [2.05, 4.69) is 34.0 Å². The maximum Gasteiger partial charge on any atom is 0.326 e. The molecule has 1 aliphatic heterocycles. The lowest BCUT2D eigenvalue weighted by Gasteiger charge is -2.41. The van der Waals surface area contributed by atoms with E-state index < -0.39 is 0 Å². The number of aromatic nitrogens is 2. The van der Waals surface area contributed by atoms with Crippen molar-refractivity contribution in [2.45, 2.75) is 46.7 Å². The minimum Gasteiger partial charge on any atom is -0.492 e. The Kier molecular flexibility index (Phi) is 7.00. The number of carbonyl (C=O) groups is 1. The van der Waals surface area contributed by atoms with Crippen LogP contribution in [0.2, 0.25) is 0 Å². The van der Waals surface area contributed by atoms with Gasteiger partial charge in [-0.25, -0.2) is 9.78 Å². The van der Waals surface area contributed by atoms with Crippen LogP contribution in [0, 0.1) is 0 Å². The summed E-state index contributed by atoms with van der Waals surface area (Å²) in [5, 5.41) is 3.21. The topological polar surface area (TPSA) is 73.8 Å². The molecule has 0 saturated carbocycles. The van der Waals surface area contributed by atoms with Gasteiger partial charge in [-0.1, -0.05) is 13.8 Å². The predicted octanol–water partition coefficient (Wildman–Crippen LogP) is 4.11. The number of anilines is 3. The Balaban J connectivity index is 1.64. The summed E-state index contributed by atoms with van der Waals surface area (Å²) in [5.41, 5.74) is 1.52. The number of rotatable bonds is 8. The predicted molar refractivity (Wildman–Crippen MR) is 124 cm³/mol. The number of amides is 2. The van der Waals surface area contributed by atoms with Gasteiger partial charge in [-0.2, -0.15) is 4.98 Å². The number of hydrogen-bond donors (Lipinski definition) is 1. The SMILES string of the molecule is CCN(CC)CCOc1ccc(Nc2ncc3c(n2)N(C)C(=O)N(C(C)(C)C)C3)cc1. The second kappa shape index (κ2) is 9.51. The third-order valence-corrected chi connectivity index (χ3v) is 5.50. The van der Waals surface area contributed by atoms with E-state index >= 15 is 0 Å². The number of nitrogens with zero attached hydrogens (tertiary/aromatic N) is 5. The van der Waals surface area contributed by atoms with Crippen molar-refractivity contribution in [2.75, 3.05) is 43.5 Å². The van der Waals surface area contributed by atoms with E-state index in [0.29, 0.717) is 24.9 Å². The second-order valence-corrected chi connectivity index (χ2v) is 8.67. The van der Waals surface area contributed by atoms with Crippen LogP contribution in [0.5, 0.6) is 5.75 Å². The summed E-state index contributed by atoms with van der Waals surface area (Å²) in [5.74, 6) is 1.92. The molecular weight excluding hydrogens is 392 g/mol. The van der Waals surface area contributed by atoms with Gasteiger partial charge in [0.15, 0.2) is 0 Å². The fraction of sp³-hybridized carbons (Fsp3) is 0.522. The maximum absolute atomic E-state index is 12.8. The number of carbonyl (C=O) groups excluding carboxylic acids is 1. The zero-order chi connectivity index (χ0) is 22.6. The molecule has 8 nitrogen and oxygen atoms in total. The van der Waals surface area contributed by atoms with Crippen LogP contribution in [0.3, 0.4) is 0 Å². The molecule has 0 atom stereocenters. The minimum absolute atomic E-state index is 0.0594. The highest BCUT2D eigenvalue weighted by Crippen LogP contribution is 2.31. The molecule has 2 heterocycles. The highest BCUT2D eigenvalue weighted by atomic mass is 16.5. The van der Waals surface area contributed by atoms with Gasteiger partial charge in [0.05, 0.1) is 6.54 Å². The average Bonchev–Trinajstić information content (AvgIpc) is 2.74. The zero-order valence-electron chi connectivity index (χ0n) is 19.5. The van der Waals surface area contributed by atoms with Crippen molar-refractivity contribution in [3.63, 3.8) is 0 Å². The largest absolute Gasteiger partial charge is 0.492 e. The smallest absolute Gasteiger partial charge is 0.326 e. The fourth-order valence-corrected chi connectivity index (χ4v) is 3.49. The van der Waals surface area contributed by atoms with Gasteiger partial charge in [-0.15, -0.1) is 0 Å². The zero-order valence-corrected chi connectivity index (χ0v) is 19.5. The van der Waals surface area contributed by atoms with E-state index in [9.17, 15) is 4.79 Å². The van der Waals surface area contributed by atoms with Crippen LogP contribution in [-0.4, -0.2) is 64.6 Å². The summed E-state index contributed by atoms with van der Waals surface area (Å²) in [6.45, 7) is 14.5. The molecule has 0 aliphatic carbocycles. The fourth-order valence-electron chi connectivity index (χ4n) is 3.49. The Labute approximate surface area is 185 Å². The van der Waals surface area contributed by atoms with Crippen molar-refractivity contribution in [1.29, 1.82) is 0 Å². The normalized spacial score (nSPS) is 14.1. The number of hydrogen-bond acceptors (Lipinski definition) is 6. The summed E-state index contributed by atoms with van der Waals surface area (Å²) in [4.78, 5) is 27.5. The van der Waals surface area contributed by atoms with Crippen LogP contribution >= 0.6 is 0 Å². The van der Waals surface area contributed by atoms with E-state index in [1.807, 2.05) is 49.9 Å². The highest BCUT2D eigenvalue weighted by molar-refractivity contribution is 5.93. The number of ether oxygens (including phenoxy) is 1. The molecule has 31 heavy (non-hydrogen) atoms. The Morgan fingerprint density at radius 3 is 2.45 bits per heavy atom. The first-order valence-corrected chi connectivity index (χ1v) is 10.9. The first kappa shape index (κ1) is 22.8. The van der Waals surface area contributed by atoms with Gasteiger partial charge in [-0.05, 0) is 58.1 Å². The maximum atomic E-state index is 12.8. The summed E-state index contributed by atoms with van der Waals surface area (Å²) in [6, 6.07) is 7.67. The number of likely N-dealkylation sites (N-methyl/N-ethyl adjacent to an activating group) is 1. The Hall–Kier alpha value is -2.87. The van der Waals surface area contributed by atoms with Crippen LogP contribution in [0.15, 0.2) is 30.5 Å². The molecule has 8 heteroatoms. The first-order chi connectivity index (χ1) is 14.7. The summed E-state index contributed by atoms with van der Waals surface area (Å²) in [6.07, 6.45) is 1.79. The molecule has 2 aromatic rings. The number of fused-ring (bicyclic) bond motifs is 1. The van der Waals surface area contributed by atoms with E-state index in [4.69, 9.17) is 4.74 Å². The molecule has 2 amide bonds. The molecule has 0 fully saturated rings. The lowest BCUT2D eigenvalue weighted by Crippen LogP contribution is -2.53. The van der Waals surface area contributed by atoms with Crippen molar-refractivity contribution in [1.82, 2.24) is 19.8 Å². The number of urea groups is 1. The minimum atomic E-state index is -0.269. The quantitative estimate of drug-likeness (QED) is 0.685. The van der Waals surface area contributed by atoms with Gasteiger partial charge < -0.3 is 19.9 Å². The van der Waals surface area contributed by atoms with E-state index in [-0.39, 0.29) is 11.6 Å². The molecule has 0 saturated heterocycles. The third kappa shape index (κ3) is 5.44. The van der Waals surface area contributed by atoms with Gasteiger partial charge in [-0.3, -0.25) is 4.90 Å². The van der Waals surface area contributed by atoms with Gasteiger partial charge >= 0.3 is 6.03 Å². The van der Waals surface area contributed by atoms with Gasteiger partial charge in [0.2, 0.25) is 5.95 Å². The number of nitrogens with one attached hydrogen (secondary N) is 1. The van der Waals surface area contributed by atoms with Crippen molar-refractivity contribution < 1.29 is 9.53 Å². The van der Waals surface area contributed by atoms with Gasteiger partial charge in [0.1, 0.15) is 18.2 Å². The molecule has 3 rings (SSSR count). The highest BCUT2D eigenvalue weighted by Gasteiger charge is 2.35. The van der Waals surface area contributed by atoms with E-state index in [1.54, 1.807) is 18.1 Å². The average molecular weight is 427 g/mol. The van der Waals surface area contributed by atoms with Crippen LogP contribution in [0.1, 0.15) is 40.2 Å². The Morgan fingerprint density at radius 2 is 1.84 bits per heavy atom. The van der Waals surface area contributed by atoms with E-state index in [0.717, 1.165) is 36.6 Å². The van der Waals surface area contributed by atoms with Crippen LogP contribution in [0.4, 0.5) is 22.2 Å². The van der Waals surface area contributed by atoms with Gasteiger partial charge in [0.25, 0.3) is 0 Å². The summed E-state index contributed by atoms with van der Waals surface area (Å²) in [7, 11) is 1.75. The molecule has 0 radical (unpaired) electrons. The summed E-state index contributed by atoms with van der Waals surface area (Å²) < 4.78 is 5.83. The monoisotopic (exact) mass is 426 g/mol. The van der Waals surface area contributed by atoms with Crippen molar-refractivity contribution in [2.24, 2.45) is 0 Å². The molecule has 1 N–H and O–H groups in total. The molecule has 0 bridgehead atoms. The van der Waals surface area contributed by atoms with Crippen molar-refractivity contribution in [3.8, 4) is 5.75 Å². The lowest BCUT2D eigenvalue weighted by molar-refractivity contribution is 0.142. The Morgan fingerprint density at radius 1 is 1.16 bits per heavy atom. The lowest BCUT2D eigenvalue weighted by atomic mass is 10.0. The second-order valence-electron chi connectivity index (χ2n) is 8.67. The molecule has 168 valence electrons. The van der Waals surface area contributed by atoms with Crippen molar-refractivity contribution >= 4 is 23.5 Å². The summed E-state index contributed by atoms with van der Waals surface area (Å²) >= 11 is 0. The molecular formula is C23H34N6O2. The number of benzene rings is 1. The van der Waals surface area contributed by atoms with E-state index in [1.165, 1.54) is 0 Å². The van der Waals surface area contributed by atoms with Gasteiger partial charge in [0, 0.05) is 36.6 Å². The molecule has 1 aromatic heterocycles.